The van der Waals surface area contributed by atoms with E-state index in [1.54, 1.807) is 12.4 Å². The quantitative estimate of drug-likeness (QED) is 0.545. The van der Waals surface area contributed by atoms with Gasteiger partial charge >= 0.3 is 5.82 Å². The number of para-hydroxylation sites is 1. The van der Waals surface area contributed by atoms with Gasteiger partial charge in [0.15, 0.2) is 5.52 Å². The maximum absolute atomic E-state index is 12.1. The largest absolute Gasteiger partial charge is 0.711 e. The van der Waals surface area contributed by atoms with Crippen LogP contribution in [0.3, 0.4) is 0 Å². The highest BCUT2D eigenvalue weighted by Gasteiger charge is 2.16. The molecule has 0 saturated heterocycles. The molecule has 0 bridgehead atoms. The minimum absolute atomic E-state index is 0.405. The van der Waals surface area contributed by atoms with Crippen molar-refractivity contribution in [1.29, 1.82) is 0 Å². The van der Waals surface area contributed by atoms with Crippen LogP contribution in [0.25, 0.3) is 10.9 Å². The topological polar surface area (TPSA) is 68.5 Å². The van der Waals surface area contributed by atoms with Crippen LogP contribution >= 0.6 is 0 Å². The van der Waals surface area contributed by atoms with Crippen molar-refractivity contribution in [3.8, 4) is 0 Å². The molecule has 0 unspecified atom stereocenters. The third-order valence-corrected chi connectivity index (χ3v) is 2.96. The number of aromatic amines is 1. The Balaban J connectivity index is 2.15. The summed E-state index contributed by atoms with van der Waals surface area (Å²) in [4.78, 5) is 11.5. The van der Waals surface area contributed by atoms with Gasteiger partial charge in [0.1, 0.15) is 17.9 Å². The smallest absolute Gasteiger partial charge is 0.309 e. The number of rotatable bonds is 2. The molecular weight excluding hydrogens is 228 g/mol. The van der Waals surface area contributed by atoms with E-state index in [0.29, 0.717) is 17.9 Å². The standard InChI is InChI=1S/C13H12N4O/c1-9-10-4-2-3-5-11(10)16-13(17(9)18)8-12-14-6-7-15-12/h2-7H,8H2,1H3,(H,14,15). The first kappa shape index (κ1) is 10.7. The molecule has 0 aliphatic carbocycles. The number of H-pyrrole nitrogens is 1. The molecule has 0 aliphatic heterocycles. The van der Waals surface area contributed by atoms with Gasteiger partial charge < -0.3 is 10.2 Å². The molecule has 0 amide bonds. The molecular formula is C13H12N4O. The zero-order chi connectivity index (χ0) is 12.5. The first-order chi connectivity index (χ1) is 8.75. The van der Waals surface area contributed by atoms with Crippen molar-refractivity contribution in [1.82, 2.24) is 15.0 Å². The summed E-state index contributed by atoms with van der Waals surface area (Å²) in [5, 5.41) is 13.0. The van der Waals surface area contributed by atoms with E-state index in [1.165, 1.54) is 0 Å². The Morgan fingerprint density at radius 3 is 2.94 bits per heavy atom. The molecule has 1 aromatic carbocycles. The first-order valence-corrected chi connectivity index (χ1v) is 5.72. The molecule has 3 aromatic rings. The zero-order valence-electron chi connectivity index (χ0n) is 9.92. The van der Waals surface area contributed by atoms with Crippen LogP contribution in [0.5, 0.6) is 0 Å². The van der Waals surface area contributed by atoms with Gasteiger partial charge in [0.05, 0.1) is 5.39 Å². The Bertz CT molecular complexity index is 692. The molecule has 5 nitrogen and oxygen atoms in total. The van der Waals surface area contributed by atoms with E-state index in [9.17, 15) is 5.21 Å². The lowest BCUT2D eigenvalue weighted by atomic mass is 10.2. The van der Waals surface area contributed by atoms with Crippen LogP contribution in [0.15, 0.2) is 36.7 Å². The lowest BCUT2D eigenvalue weighted by Crippen LogP contribution is -2.37. The van der Waals surface area contributed by atoms with Gasteiger partial charge in [-0.3, -0.25) is 0 Å². The lowest BCUT2D eigenvalue weighted by molar-refractivity contribution is -0.622. The number of benzene rings is 1. The molecule has 0 fully saturated rings. The van der Waals surface area contributed by atoms with E-state index in [4.69, 9.17) is 0 Å². The van der Waals surface area contributed by atoms with Gasteiger partial charge in [0.2, 0.25) is 0 Å². The number of nitrogens with zero attached hydrogens (tertiary/aromatic N) is 3. The number of aryl methyl sites for hydroxylation is 1. The number of imidazole rings is 1. The molecule has 2 heterocycles. The highest BCUT2D eigenvalue weighted by atomic mass is 16.5. The minimum Gasteiger partial charge on any atom is -0.711 e. The predicted molar refractivity (Wildman–Crippen MR) is 66.8 cm³/mol. The van der Waals surface area contributed by atoms with Crippen LogP contribution in [0, 0.1) is 12.1 Å². The van der Waals surface area contributed by atoms with Gasteiger partial charge in [-0.25, -0.2) is 9.71 Å². The molecule has 0 spiro atoms. The molecule has 0 radical (unpaired) electrons. The van der Waals surface area contributed by atoms with Crippen LogP contribution < -0.4 is 4.73 Å². The van der Waals surface area contributed by atoms with Crippen molar-refractivity contribution in [3.05, 3.63) is 59.2 Å². The van der Waals surface area contributed by atoms with Crippen molar-refractivity contribution in [2.75, 3.05) is 0 Å². The zero-order valence-corrected chi connectivity index (χ0v) is 9.92. The van der Waals surface area contributed by atoms with Crippen LogP contribution in [0.2, 0.25) is 0 Å². The number of aromatic nitrogens is 4. The summed E-state index contributed by atoms with van der Waals surface area (Å²) in [5.74, 6) is 1.20. The van der Waals surface area contributed by atoms with E-state index in [0.717, 1.165) is 21.5 Å². The number of hydrogen-bond donors (Lipinski definition) is 1. The fraction of sp³-hybridized carbons (Fsp3) is 0.154. The molecule has 0 atom stereocenters. The second-order valence-electron chi connectivity index (χ2n) is 4.14. The van der Waals surface area contributed by atoms with Crippen LogP contribution in [-0.4, -0.2) is 15.0 Å². The molecule has 0 aliphatic rings. The van der Waals surface area contributed by atoms with Gasteiger partial charge in [0.25, 0.3) is 0 Å². The fourth-order valence-electron chi connectivity index (χ4n) is 2.02. The van der Waals surface area contributed by atoms with Crippen molar-refractivity contribution >= 4 is 10.9 Å². The molecule has 3 rings (SSSR count). The first-order valence-electron chi connectivity index (χ1n) is 5.72. The summed E-state index contributed by atoms with van der Waals surface area (Å²) < 4.78 is 0.880. The predicted octanol–water partition coefficient (Wildman–Crippen LogP) is 1.49. The Labute approximate surface area is 104 Å². The van der Waals surface area contributed by atoms with Gasteiger partial charge in [-0.05, 0) is 24.0 Å². The van der Waals surface area contributed by atoms with Crippen molar-refractivity contribution in [2.24, 2.45) is 0 Å². The van der Waals surface area contributed by atoms with E-state index in [2.05, 4.69) is 15.0 Å². The van der Waals surface area contributed by atoms with Gasteiger partial charge in [0, 0.05) is 12.4 Å². The van der Waals surface area contributed by atoms with Gasteiger partial charge in [-0.1, -0.05) is 12.1 Å². The van der Waals surface area contributed by atoms with E-state index < -0.39 is 0 Å². The monoisotopic (exact) mass is 240 g/mol. The molecule has 5 heteroatoms. The third-order valence-electron chi connectivity index (χ3n) is 2.96. The molecule has 18 heavy (non-hydrogen) atoms. The van der Waals surface area contributed by atoms with Crippen molar-refractivity contribution < 1.29 is 4.73 Å². The molecule has 90 valence electrons. The maximum atomic E-state index is 12.1. The highest BCUT2D eigenvalue weighted by molar-refractivity contribution is 5.79. The maximum Gasteiger partial charge on any atom is 0.309 e. The normalized spacial score (nSPS) is 10.9. The Morgan fingerprint density at radius 2 is 2.17 bits per heavy atom. The summed E-state index contributed by atoms with van der Waals surface area (Å²) >= 11 is 0. The molecule has 1 N–H and O–H groups in total. The minimum atomic E-state index is 0.405. The summed E-state index contributed by atoms with van der Waals surface area (Å²) in [7, 11) is 0. The summed E-state index contributed by atoms with van der Waals surface area (Å²) in [6.07, 6.45) is 3.80. The Kier molecular flexibility index (Phi) is 2.44. The molecule has 0 saturated carbocycles. The second-order valence-corrected chi connectivity index (χ2v) is 4.14. The molecule has 2 aromatic heterocycles. The van der Waals surface area contributed by atoms with E-state index >= 15 is 0 Å². The lowest BCUT2D eigenvalue weighted by Gasteiger charge is -2.10. The number of fused-ring (bicyclic) bond motifs is 1. The Morgan fingerprint density at radius 1 is 1.33 bits per heavy atom. The summed E-state index contributed by atoms with van der Waals surface area (Å²) in [6, 6.07) is 7.64. The fourth-order valence-corrected chi connectivity index (χ4v) is 2.02. The van der Waals surface area contributed by atoms with Crippen LogP contribution in [-0.2, 0) is 6.42 Å². The van der Waals surface area contributed by atoms with Gasteiger partial charge in [-0.2, -0.15) is 0 Å². The summed E-state index contributed by atoms with van der Waals surface area (Å²) in [6.45, 7) is 1.81. The average molecular weight is 240 g/mol. The Hall–Kier alpha value is -2.43. The average Bonchev–Trinajstić information content (AvgIpc) is 2.89. The number of hydrogen-bond acceptors (Lipinski definition) is 3. The number of nitrogens with one attached hydrogen (secondary N) is 1. The van der Waals surface area contributed by atoms with Gasteiger partial charge in [-0.15, -0.1) is 0 Å². The van der Waals surface area contributed by atoms with Crippen molar-refractivity contribution in [2.45, 2.75) is 13.3 Å². The van der Waals surface area contributed by atoms with E-state index in [-0.39, 0.29) is 0 Å². The SMILES string of the molecule is Cc1c2ccccc2nc(Cc2ncc[nH]2)[n+]1[O-]. The second kappa shape index (κ2) is 4.10. The third kappa shape index (κ3) is 1.69. The highest BCUT2D eigenvalue weighted by Crippen LogP contribution is 2.14. The van der Waals surface area contributed by atoms with Crippen molar-refractivity contribution in [3.63, 3.8) is 0 Å². The van der Waals surface area contributed by atoms with E-state index in [1.807, 2.05) is 31.2 Å². The summed E-state index contributed by atoms with van der Waals surface area (Å²) in [5.41, 5.74) is 1.51. The van der Waals surface area contributed by atoms with Crippen LogP contribution in [0.4, 0.5) is 0 Å². The van der Waals surface area contributed by atoms with Crippen LogP contribution in [0.1, 0.15) is 17.3 Å².